The van der Waals surface area contributed by atoms with E-state index in [-0.39, 0.29) is 12.6 Å². The van der Waals surface area contributed by atoms with Gasteiger partial charge in [0.05, 0.1) is 0 Å². The molecular weight excluding hydrogens is 186 g/mol. The van der Waals surface area contributed by atoms with E-state index < -0.39 is 0 Å². The summed E-state index contributed by atoms with van der Waals surface area (Å²) in [5.74, 6) is 0. The highest BCUT2D eigenvalue weighted by Crippen LogP contribution is 2.24. The number of nitrogens with two attached hydrogens (primary N) is 1. The fourth-order valence-corrected chi connectivity index (χ4v) is 2.29. The van der Waals surface area contributed by atoms with Gasteiger partial charge in [0.1, 0.15) is 0 Å². The normalized spacial score (nSPS) is 17.2. The number of aliphatic hydroxyl groups is 1. The maximum absolute atomic E-state index is 8.86. The molecule has 1 aliphatic rings. The van der Waals surface area contributed by atoms with Crippen molar-refractivity contribution in [3.05, 3.63) is 34.9 Å². The molecule has 0 bridgehead atoms. The Morgan fingerprint density at radius 1 is 1.20 bits per heavy atom. The van der Waals surface area contributed by atoms with Crippen molar-refractivity contribution >= 4 is 0 Å². The largest absolute Gasteiger partial charge is 0.396 e. The number of benzene rings is 1. The van der Waals surface area contributed by atoms with Crippen molar-refractivity contribution in [1.29, 1.82) is 0 Å². The predicted molar refractivity (Wildman–Crippen MR) is 61.7 cm³/mol. The fourth-order valence-electron chi connectivity index (χ4n) is 2.29. The predicted octanol–water partition coefficient (Wildman–Crippen LogP) is 1.95. The van der Waals surface area contributed by atoms with Crippen molar-refractivity contribution in [3.8, 4) is 0 Å². The van der Waals surface area contributed by atoms with E-state index in [2.05, 4.69) is 18.2 Å². The lowest BCUT2D eigenvalue weighted by atomic mass is 9.89. The van der Waals surface area contributed by atoms with Crippen LogP contribution in [0.1, 0.15) is 42.0 Å². The minimum absolute atomic E-state index is 0.0118. The molecule has 82 valence electrons. The van der Waals surface area contributed by atoms with Crippen LogP contribution in [0.3, 0.4) is 0 Å². The van der Waals surface area contributed by atoms with Gasteiger partial charge in [-0.25, -0.2) is 0 Å². The van der Waals surface area contributed by atoms with Gasteiger partial charge in [-0.15, -0.1) is 0 Å². The lowest BCUT2D eigenvalue weighted by Gasteiger charge is -2.18. The zero-order valence-electron chi connectivity index (χ0n) is 9.08. The van der Waals surface area contributed by atoms with Crippen molar-refractivity contribution in [2.45, 2.75) is 38.1 Å². The third-order valence-electron chi connectivity index (χ3n) is 3.24. The van der Waals surface area contributed by atoms with Crippen molar-refractivity contribution in [3.63, 3.8) is 0 Å². The molecule has 0 saturated carbocycles. The molecule has 1 aromatic rings. The minimum Gasteiger partial charge on any atom is -0.396 e. The fraction of sp³-hybridized carbons (Fsp3) is 0.538. The van der Waals surface area contributed by atoms with Crippen LogP contribution in [0.5, 0.6) is 0 Å². The van der Waals surface area contributed by atoms with Gasteiger partial charge < -0.3 is 10.8 Å². The molecule has 2 nitrogen and oxygen atoms in total. The Kier molecular flexibility index (Phi) is 3.39. The number of hydrogen-bond donors (Lipinski definition) is 2. The SMILES string of the molecule is NC(CCO)c1ccc2c(c1)CCCC2. The third-order valence-corrected chi connectivity index (χ3v) is 3.24. The van der Waals surface area contributed by atoms with Crippen LogP contribution in [0, 0.1) is 0 Å². The Bertz CT molecular complexity index is 335. The van der Waals surface area contributed by atoms with Crippen molar-refractivity contribution < 1.29 is 5.11 Å². The molecule has 3 N–H and O–H groups in total. The zero-order chi connectivity index (χ0) is 10.7. The van der Waals surface area contributed by atoms with Crippen molar-refractivity contribution in [2.24, 2.45) is 5.73 Å². The van der Waals surface area contributed by atoms with Gasteiger partial charge in [-0.05, 0) is 48.8 Å². The number of rotatable bonds is 3. The monoisotopic (exact) mass is 205 g/mol. The number of aliphatic hydroxyl groups excluding tert-OH is 1. The summed E-state index contributed by atoms with van der Waals surface area (Å²) in [4.78, 5) is 0. The molecule has 0 heterocycles. The second kappa shape index (κ2) is 4.77. The number of aryl methyl sites for hydroxylation is 2. The minimum atomic E-state index is -0.0118. The van der Waals surface area contributed by atoms with Crippen LogP contribution in [0.2, 0.25) is 0 Å². The van der Waals surface area contributed by atoms with E-state index in [4.69, 9.17) is 10.8 Å². The van der Waals surface area contributed by atoms with E-state index in [1.54, 1.807) is 0 Å². The van der Waals surface area contributed by atoms with E-state index in [0.29, 0.717) is 6.42 Å². The summed E-state index contributed by atoms with van der Waals surface area (Å²) in [7, 11) is 0. The lowest BCUT2D eigenvalue weighted by molar-refractivity contribution is 0.276. The molecule has 2 rings (SSSR count). The number of fused-ring (bicyclic) bond motifs is 1. The molecule has 0 aromatic heterocycles. The molecule has 2 heteroatoms. The lowest BCUT2D eigenvalue weighted by Crippen LogP contribution is -2.13. The van der Waals surface area contributed by atoms with Gasteiger partial charge in [-0.3, -0.25) is 0 Å². The van der Waals surface area contributed by atoms with E-state index in [1.165, 1.54) is 42.4 Å². The van der Waals surface area contributed by atoms with Crippen LogP contribution < -0.4 is 5.73 Å². The Labute approximate surface area is 91.1 Å². The van der Waals surface area contributed by atoms with Crippen LogP contribution in [-0.4, -0.2) is 11.7 Å². The summed E-state index contributed by atoms with van der Waals surface area (Å²) in [6.45, 7) is 0.165. The average molecular weight is 205 g/mol. The first-order chi connectivity index (χ1) is 7.31. The molecule has 1 aromatic carbocycles. The Morgan fingerprint density at radius 2 is 1.93 bits per heavy atom. The molecule has 0 fully saturated rings. The van der Waals surface area contributed by atoms with E-state index in [1.807, 2.05) is 0 Å². The first-order valence-corrected chi connectivity index (χ1v) is 5.79. The van der Waals surface area contributed by atoms with Gasteiger partial charge in [-0.1, -0.05) is 18.2 Å². The van der Waals surface area contributed by atoms with Gasteiger partial charge in [0.2, 0.25) is 0 Å². The number of hydrogen-bond acceptors (Lipinski definition) is 2. The Hall–Kier alpha value is -0.860. The molecule has 0 amide bonds. The summed E-state index contributed by atoms with van der Waals surface area (Å²) in [6.07, 6.45) is 5.67. The van der Waals surface area contributed by atoms with Gasteiger partial charge in [-0.2, -0.15) is 0 Å². The molecule has 0 aliphatic heterocycles. The molecular formula is C13H19NO. The molecule has 1 aliphatic carbocycles. The van der Waals surface area contributed by atoms with E-state index in [0.717, 1.165) is 0 Å². The summed E-state index contributed by atoms with van der Waals surface area (Å²) in [6, 6.07) is 6.54. The maximum Gasteiger partial charge on any atom is 0.0449 e. The standard InChI is InChI=1S/C13H19NO/c14-13(7-8-15)12-6-5-10-3-1-2-4-11(10)9-12/h5-6,9,13,15H,1-4,7-8,14H2. The van der Waals surface area contributed by atoms with Gasteiger partial charge in [0.15, 0.2) is 0 Å². The van der Waals surface area contributed by atoms with E-state index >= 15 is 0 Å². The first-order valence-electron chi connectivity index (χ1n) is 5.79. The molecule has 0 spiro atoms. The summed E-state index contributed by atoms with van der Waals surface area (Å²) < 4.78 is 0. The molecule has 15 heavy (non-hydrogen) atoms. The topological polar surface area (TPSA) is 46.2 Å². The second-order valence-electron chi connectivity index (χ2n) is 4.35. The highest BCUT2D eigenvalue weighted by Gasteiger charge is 2.12. The highest BCUT2D eigenvalue weighted by molar-refractivity contribution is 5.35. The van der Waals surface area contributed by atoms with Crippen LogP contribution in [0.25, 0.3) is 0 Å². The van der Waals surface area contributed by atoms with Crippen LogP contribution in [0.15, 0.2) is 18.2 Å². The quantitative estimate of drug-likeness (QED) is 0.792. The van der Waals surface area contributed by atoms with Crippen molar-refractivity contribution in [2.75, 3.05) is 6.61 Å². The maximum atomic E-state index is 8.86. The van der Waals surface area contributed by atoms with Gasteiger partial charge >= 0.3 is 0 Å². The van der Waals surface area contributed by atoms with Gasteiger partial charge in [0, 0.05) is 12.6 Å². The third kappa shape index (κ3) is 2.39. The summed E-state index contributed by atoms with van der Waals surface area (Å²) in [5, 5.41) is 8.86. The van der Waals surface area contributed by atoms with Gasteiger partial charge in [0.25, 0.3) is 0 Å². The van der Waals surface area contributed by atoms with Crippen LogP contribution in [0.4, 0.5) is 0 Å². The molecule has 1 unspecified atom stereocenters. The molecule has 0 saturated heterocycles. The van der Waals surface area contributed by atoms with E-state index in [9.17, 15) is 0 Å². The summed E-state index contributed by atoms with van der Waals surface area (Å²) >= 11 is 0. The average Bonchev–Trinajstić information content (AvgIpc) is 2.29. The van der Waals surface area contributed by atoms with Crippen molar-refractivity contribution in [1.82, 2.24) is 0 Å². The zero-order valence-corrected chi connectivity index (χ0v) is 9.08. The Balaban J connectivity index is 2.20. The molecule has 1 atom stereocenters. The molecule has 0 radical (unpaired) electrons. The van der Waals surface area contributed by atoms with Crippen LogP contribution in [-0.2, 0) is 12.8 Å². The summed E-state index contributed by atoms with van der Waals surface area (Å²) in [5.41, 5.74) is 10.1. The van der Waals surface area contributed by atoms with Crippen LogP contribution >= 0.6 is 0 Å². The second-order valence-corrected chi connectivity index (χ2v) is 4.35. The Morgan fingerprint density at radius 3 is 2.67 bits per heavy atom. The smallest absolute Gasteiger partial charge is 0.0449 e. The highest BCUT2D eigenvalue weighted by atomic mass is 16.3. The first kappa shape index (κ1) is 10.7.